The second-order valence-corrected chi connectivity index (χ2v) is 7.21. The zero-order valence-corrected chi connectivity index (χ0v) is 13.7. The molecule has 0 radical (unpaired) electrons. The molecule has 19 heavy (non-hydrogen) atoms. The van der Waals surface area contributed by atoms with E-state index in [-0.39, 0.29) is 5.91 Å². The number of likely N-dealkylation sites (tertiary alicyclic amines) is 1. The third-order valence-electron chi connectivity index (χ3n) is 3.78. The summed E-state index contributed by atoms with van der Waals surface area (Å²) in [5.41, 5.74) is -0.153. The van der Waals surface area contributed by atoms with Gasteiger partial charge in [-0.15, -0.1) is 0 Å². The molecule has 1 aromatic carbocycles. The van der Waals surface area contributed by atoms with Gasteiger partial charge in [-0.25, -0.2) is 0 Å². The van der Waals surface area contributed by atoms with Crippen LogP contribution in [0.1, 0.15) is 23.2 Å². The molecule has 2 aliphatic rings. The van der Waals surface area contributed by atoms with Crippen molar-refractivity contribution in [2.75, 3.05) is 13.1 Å². The molecule has 102 valence electrons. The maximum Gasteiger partial charge on any atom is 0.255 e. The molecular formula is C13H12Cl2INO2. The number of hydrogen-bond donors (Lipinski definition) is 1. The van der Waals surface area contributed by atoms with Gasteiger partial charge in [-0.2, -0.15) is 0 Å². The molecule has 1 aliphatic carbocycles. The zero-order valence-electron chi connectivity index (χ0n) is 10.00. The van der Waals surface area contributed by atoms with Gasteiger partial charge in [-0.05, 0) is 53.5 Å². The smallest absolute Gasteiger partial charge is 0.255 e. The lowest BCUT2D eigenvalue weighted by Crippen LogP contribution is -2.64. The fourth-order valence-corrected chi connectivity index (χ4v) is 3.55. The third kappa shape index (κ3) is 2.48. The van der Waals surface area contributed by atoms with Crippen LogP contribution in [0.15, 0.2) is 12.1 Å². The Morgan fingerprint density at radius 1 is 1.37 bits per heavy atom. The first-order valence-corrected chi connectivity index (χ1v) is 7.90. The fourth-order valence-electron chi connectivity index (χ4n) is 2.52. The van der Waals surface area contributed by atoms with Crippen LogP contribution >= 0.6 is 45.8 Å². The quantitative estimate of drug-likeness (QED) is 0.599. The molecule has 1 saturated carbocycles. The minimum atomic E-state index is -0.663. The minimum Gasteiger partial charge on any atom is -0.386 e. The van der Waals surface area contributed by atoms with Gasteiger partial charge in [0.05, 0.1) is 23.7 Å². The summed E-state index contributed by atoms with van der Waals surface area (Å²) in [5.74, 6) is 0.262. The van der Waals surface area contributed by atoms with Crippen molar-refractivity contribution < 1.29 is 9.90 Å². The lowest BCUT2D eigenvalue weighted by atomic mass is 9.88. The molecule has 6 heteroatoms. The fraction of sp³-hybridized carbons (Fsp3) is 0.462. The molecule has 0 unspecified atom stereocenters. The Hall–Kier alpha value is -0.0400. The van der Waals surface area contributed by atoms with Crippen LogP contribution in [0, 0.1) is 9.49 Å². The number of hydrogen-bond acceptors (Lipinski definition) is 2. The number of nitrogens with zero attached hydrogens (tertiary/aromatic N) is 1. The van der Waals surface area contributed by atoms with Crippen molar-refractivity contribution in [1.82, 2.24) is 4.90 Å². The van der Waals surface area contributed by atoms with E-state index in [1.165, 1.54) is 0 Å². The molecule has 0 aromatic heterocycles. The Morgan fingerprint density at radius 2 is 2.00 bits per heavy atom. The summed E-state index contributed by atoms with van der Waals surface area (Å²) in [6, 6.07) is 3.25. The first kappa shape index (κ1) is 13.9. The lowest BCUT2D eigenvalue weighted by Gasteiger charge is -2.47. The number of carbonyl (C=O) groups is 1. The Bertz CT molecular complexity index is 554. The number of halogens is 3. The lowest BCUT2D eigenvalue weighted by molar-refractivity contribution is -0.0958. The van der Waals surface area contributed by atoms with Crippen molar-refractivity contribution in [3.8, 4) is 0 Å². The largest absolute Gasteiger partial charge is 0.386 e. The number of amides is 1. The van der Waals surface area contributed by atoms with Gasteiger partial charge in [0.2, 0.25) is 0 Å². The van der Waals surface area contributed by atoms with Crippen LogP contribution in [0.3, 0.4) is 0 Å². The molecular weight excluding hydrogens is 400 g/mol. The highest BCUT2D eigenvalue weighted by Crippen LogP contribution is 2.45. The number of carbonyl (C=O) groups excluding carboxylic acids is 1. The molecule has 0 spiro atoms. The molecule has 3 nitrogen and oxygen atoms in total. The molecule has 3 rings (SSSR count). The monoisotopic (exact) mass is 411 g/mol. The Morgan fingerprint density at radius 3 is 2.58 bits per heavy atom. The number of rotatable bonds is 2. The molecule has 1 heterocycles. The van der Waals surface area contributed by atoms with Gasteiger partial charge < -0.3 is 10.0 Å². The molecule has 1 saturated heterocycles. The van der Waals surface area contributed by atoms with Crippen LogP contribution < -0.4 is 0 Å². The predicted molar refractivity (Wildman–Crippen MR) is 82.8 cm³/mol. The van der Waals surface area contributed by atoms with E-state index in [2.05, 4.69) is 0 Å². The summed E-state index contributed by atoms with van der Waals surface area (Å²) in [5, 5.41) is 11.2. The van der Waals surface area contributed by atoms with E-state index in [1.54, 1.807) is 17.0 Å². The van der Waals surface area contributed by atoms with Gasteiger partial charge in [0, 0.05) is 8.59 Å². The van der Waals surface area contributed by atoms with Crippen molar-refractivity contribution in [3.05, 3.63) is 31.3 Å². The summed E-state index contributed by atoms with van der Waals surface area (Å²) in [7, 11) is 0. The second kappa shape index (κ2) is 4.76. The Labute approximate surface area is 135 Å². The second-order valence-electron chi connectivity index (χ2n) is 5.29. The van der Waals surface area contributed by atoms with Gasteiger partial charge in [-0.1, -0.05) is 23.2 Å². The molecule has 1 amide bonds. The highest BCUT2D eigenvalue weighted by Gasteiger charge is 2.53. The minimum absolute atomic E-state index is 0.112. The van der Waals surface area contributed by atoms with Gasteiger partial charge in [0.15, 0.2) is 0 Å². The van der Waals surface area contributed by atoms with E-state index in [1.807, 2.05) is 22.6 Å². The third-order valence-corrected chi connectivity index (χ3v) is 5.77. The highest BCUT2D eigenvalue weighted by atomic mass is 127. The number of benzene rings is 1. The SMILES string of the molecule is O=C(c1cc(Cl)cc(Cl)c1I)N1CC(O)(C2CC2)C1. The van der Waals surface area contributed by atoms with Crippen molar-refractivity contribution in [2.45, 2.75) is 18.4 Å². The number of aliphatic hydroxyl groups is 1. The average Bonchev–Trinajstić information content (AvgIpc) is 3.13. The van der Waals surface area contributed by atoms with E-state index in [0.29, 0.717) is 38.2 Å². The van der Waals surface area contributed by atoms with Crippen molar-refractivity contribution in [2.24, 2.45) is 5.92 Å². The number of β-amino-alcohol motifs (C(OH)–C–C–N with tert-alkyl or cyclic N) is 1. The maximum atomic E-state index is 12.4. The van der Waals surface area contributed by atoms with Crippen LogP contribution in [0.4, 0.5) is 0 Å². The summed E-state index contributed by atoms with van der Waals surface area (Å²) < 4.78 is 0.704. The van der Waals surface area contributed by atoms with Crippen molar-refractivity contribution in [1.29, 1.82) is 0 Å². The van der Waals surface area contributed by atoms with Crippen LogP contribution in [0.25, 0.3) is 0 Å². The normalized spacial score (nSPS) is 21.2. The zero-order chi connectivity index (χ0) is 13.8. The summed E-state index contributed by atoms with van der Waals surface area (Å²) in [6.45, 7) is 0.827. The molecule has 0 atom stereocenters. The van der Waals surface area contributed by atoms with Gasteiger partial charge in [0.1, 0.15) is 5.60 Å². The van der Waals surface area contributed by atoms with Gasteiger partial charge >= 0.3 is 0 Å². The summed E-state index contributed by atoms with van der Waals surface area (Å²) >= 11 is 14.0. The van der Waals surface area contributed by atoms with E-state index >= 15 is 0 Å². The average molecular weight is 412 g/mol. The van der Waals surface area contributed by atoms with Crippen LogP contribution in [0.5, 0.6) is 0 Å². The van der Waals surface area contributed by atoms with Crippen LogP contribution in [-0.2, 0) is 0 Å². The van der Waals surface area contributed by atoms with E-state index in [4.69, 9.17) is 23.2 Å². The van der Waals surface area contributed by atoms with E-state index in [0.717, 1.165) is 12.8 Å². The molecule has 1 N–H and O–H groups in total. The molecule has 2 fully saturated rings. The van der Waals surface area contributed by atoms with E-state index < -0.39 is 5.60 Å². The molecule has 1 aromatic rings. The summed E-state index contributed by atoms with van der Waals surface area (Å²) in [6.07, 6.45) is 2.14. The van der Waals surface area contributed by atoms with Crippen molar-refractivity contribution >= 4 is 51.7 Å². The molecule has 0 bridgehead atoms. The van der Waals surface area contributed by atoms with Gasteiger partial charge in [0.25, 0.3) is 5.91 Å². The molecule has 1 aliphatic heterocycles. The standard InChI is InChI=1S/C13H12Cl2INO2/c14-8-3-9(11(16)10(15)4-8)12(18)17-5-13(19,6-17)7-1-2-7/h3-4,7,19H,1-2,5-6H2. The topological polar surface area (TPSA) is 40.5 Å². The Balaban J connectivity index is 1.78. The van der Waals surface area contributed by atoms with E-state index in [9.17, 15) is 9.90 Å². The van der Waals surface area contributed by atoms with Crippen LogP contribution in [0.2, 0.25) is 10.0 Å². The van der Waals surface area contributed by atoms with Crippen molar-refractivity contribution in [3.63, 3.8) is 0 Å². The van der Waals surface area contributed by atoms with Crippen LogP contribution in [-0.4, -0.2) is 34.6 Å². The van der Waals surface area contributed by atoms with Gasteiger partial charge in [-0.3, -0.25) is 4.79 Å². The summed E-state index contributed by atoms with van der Waals surface area (Å²) in [4.78, 5) is 14.0. The highest BCUT2D eigenvalue weighted by molar-refractivity contribution is 14.1. The first-order valence-electron chi connectivity index (χ1n) is 6.07. The Kier molecular flexibility index (Phi) is 3.48. The first-order chi connectivity index (χ1) is 8.90. The predicted octanol–water partition coefficient (Wildman–Crippen LogP) is 3.19. The maximum absolute atomic E-state index is 12.4.